The number of nitrogens with one attached hydrogen (secondary N) is 2. The molecule has 1 heterocycles. The van der Waals surface area contributed by atoms with Crippen LogP contribution in [-0.2, 0) is 4.74 Å². The van der Waals surface area contributed by atoms with Crippen molar-refractivity contribution in [2.45, 2.75) is 38.3 Å². The highest BCUT2D eigenvalue weighted by Crippen LogP contribution is 2.68. The highest BCUT2D eigenvalue weighted by molar-refractivity contribution is 7.80. The van der Waals surface area contributed by atoms with Crippen LogP contribution in [0.25, 0.3) is 0 Å². The summed E-state index contributed by atoms with van der Waals surface area (Å²) in [5.74, 6) is 1.19. The minimum atomic E-state index is -0.321. The Balaban J connectivity index is 1.92. The second kappa shape index (κ2) is 6.50. The lowest BCUT2D eigenvalue weighted by atomic mass is 9.84. The number of aliphatic hydroxyl groups is 1. The number of fused-ring (bicyclic) bond motifs is 1. The number of nitrogens with zero attached hydrogens (tertiary/aromatic N) is 2. The molecule has 7 nitrogen and oxygen atoms in total. The molecule has 4 unspecified atom stereocenters. The molecule has 5 N–H and O–H groups in total. The van der Waals surface area contributed by atoms with Gasteiger partial charge >= 0.3 is 0 Å². The molecule has 2 saturated carbocycles. The Bertz CT molecular complexity index is 705. The van der Waals surface area contributed by atoms with Gasteiger partial charge in [0.15, 0.2) is 0 Å². The number of anilines is 2. The molecular formula is C16H24ClN5O2S. The molecule has 0 radical (unpaired) electrons. The molecule has 0 bridgehead atoms. The van der Waals surface area contributed by atoms with Crippen molar-refractivity contribution < 1.29 is 9.84 Å². The van der Waals surface area contributed by atoms with Crippen molar-refractivity contribution in [3.8, 4) is 0 Å². The summed E-state index contributed by atoms with van der Waals surface area (Å²) in [5.41, 5.74) is 5.76. The fraction of sp³-hybridized carbons (Fsp3) is 0.688. The molecule has 0 saturated heterocycles. The van der Waals surface area contributed by atoms with Gasteiger partial charge in [-0.15, -0.1) is 0 Å². The third kappa shape index (κ3) is 2.95. The first-order chi connectivity index (χ1) is 11.7. The third-order valence-corrected chi connectivity index (χ3v) is 6.37. The fourth-order valence-corrected chi connectivity index (χ4v) is 4.55. The molecule has 2 aliphatic carbocycles. The van der Waals surface area contributed by atoms with E-state index in [0.29, 0.717) is 36.4 Å². The summed E-state index contributed by atoms with van der Waals surface area (Å²) < 4.78 is 5.02. The van der Waals surface area contributed by atoms with Gasteiger partial charge in [-0.05, 0) is 25.7 Å². The Morgan fingerprint density at radius 3 is 2.76 bits per heavy atom. The highest BCUT2D eigenvalue weighted by atomic mass is 35.5. The summed E-state index contributed by atoms with van der Waals surface area (Å²) in [6.07, 6.45) is 1.60. The number of rotatable bonds is 7. The zero-order valence-corrected chi connectivity index (χ0v) is 16.2. The summed E-state index contributed by atoms with van der Waals surface area (Å²) >= 11 is 11.4. The van der Waals surface area contributed by atoms with E-state index >= 15 is 0 Å². The number of thiocarbonyl (C=S) groups is 1. The Kier molecular flexibility index (Phi) is 4.83. The monoisotopic (exact) mass is 385 g/mol. The number of hydrogen-bond donors (Lipinski definition) is 4. The molecule has 25 heavy (non-hydrogen) atoms. The largest absolute Gasteiger partial charge is 0.392 e. The second-order valence-electron chi connectivity index (χ2n) is 7.18. The van der Waals surface area contributed by atoms with E-state index in [1.165, 1.54) is 0 Å². The van der Waals surface area contributed by atoms with Crippen LogP contribution in [0.15, 0.2) is 0 Å². The van der Waals surface area contributed by atoms with Crippen LogP contribution in [0.1, 0.15) is 32.3 Å². The number of aromatic nitrogens is 2. The zero-order valence-electron chi connectivity index (χ0n) is 14.6. The van der Waals surface area contributed by atoms with Gasteiger partial charge in [0, 0.05) is 24.6 Å². The topological polar surface area (TPSA) is 105 Å². The molecule has 3 rings (SSSR count). The Morgan fingerprint density at radius 1 is 1.48 bits per heavy atom. The van der Waals surface area contributed by atoms with E-state index < -0.39 is 0 Å². The molecule has 0 aliphatic heterocycles. The average molecular weight is 386 g/mol. The maximum Gasteiger partial charge on any atom is 0.226 e. The van der Waals surface area contributed by atoms with Gasteiger partial charge in [-0.25, -0.2) is 4.98 Å². The van der Waals surface area contributed by atoms with Crippen molar-refractivity contribution in [1.82, 2.24) is 9.97 Å². The van der Waals surface area contributed by atoms with Gasteiger partial charge in [-0.3, -0.25) is 0 Å². The Labute approximate surface area is 157 Å². The minimum Gasteiger partial charge on any atom is -0.392 e. The fourth-order valence-electron chi connectivity index (χ4n) is 4.03. The van der Waals surface area contributed by atoms with Crippen LogP contribution >= 0.6 is 23.8 Å². The van der Waals surface area contributed by atoms with Gasteiger partial charge in [-0.1, -0.05) is 30.7 Å². The molecule has 1 aromatic heterocycles. The van der Waals surface area contributed by atoms with Crippen LogP contribution < -0.4 is 16.4 Å². The van der Waals surface area contributed by atoms with Crippen molar-refractivity contribution in [3.05, 3.63) is 10.7 Å². The molecule has 2 fully saturated rings. The highest BCUT2D eigenvalue weighted by Gasteiger charge is 2.73. The van der Waals surface area contributed by atoms with Crippen LogP contribution in [0.4, 0.5) is 11.8 Å². The first-order valence-electron chi connectivity index (χ1n) is 8.31. The summed E-state index contributed by atoms with van der Waals surface area (Å²) in [7, 11) is 1.62. The number of aliphatic hydroxyl groups excluding tert-OH is 1. The molecular weight excluding hydrogens is 362 g/mol. The van der Waals surface area contributed by atoms with Crippen LogP contribution in [0.5, 0.6) is 0 Å². The second-order valence-corrected chi connectivity index (χ2v) is 7.97. The number of nitrogens with two attached hydrogens (primary N) is 1. The van der Waals surface area contributed by atoms with Gasteiger partial charge in [0.1, 0.15) is 16.0 Å². The smallest absolute Gasteiger partial charge is 0.226 e. The first-order valence-corrected chi connectivity index (χ1v) is 9.09. The van der Waals surface area contributed by atoms with Crippen LogP contribution in [-0.4, -0.2) is 52.0 Å². The molecule has 4 atom stereocenters. The lowest BCUT2D eigenvalue weighted by Gasteiger charge is -2.35. The quantitative estimate of drug-likeness (QED) is 0.320. The normalized spacial score (nSPS) is 33.0. The SMILES string of the molecule is COCCNc1nc(Cl)c(C(N)=S)c(NC2(C)CCC3C(O)C32C)n1. The lowest BCUT2D eigenvalue weighted by Crippen LogP contribution is -2.43. The van der Waals surface area contributed by atoms with Gasteiger partial charge in [-0.2, -0.15) is 4.98 Å². The third-order valence-electron chi connectivity index (χ3n) is 5.90. The van der Waals surface area contributed by atoms with E-state index in [2.05, 4.69) is 34.4 Å². The van der Waals surface area contributed by atoms with Crippen LogP contribution in [0, 0.1) is 11.3 Å². The van der Waals surface area contributed by atoms with E-state index in [9.17, 15) is 5.11 Å². The number of halogens is 1. The minimum absolute atomic E-state index is 0.135. The first kappa shape index (κ1) is 18.6. The van der Waals surface area contributed by atoms with Crippen LogP contribution in [0.3, 0.4) is 0 Å². The Hall–Kier alpha value is -1.22. The Morgan fingerprint density at radius 2 is 2.20 bits per heavy atom. The number of hydrogen-bond acceptors (Lipinski definition) is 7. The van der Waals surface area contributed by atoms with Crippen molar-refractivity contribution in [3.63, 3.8) is 0 Å². The van der Waals surface area contributed by atoms with Crippen molar-refractivity contribution in [1.29, 1.82) is 0 Å². The van der Waals surface area contributed by atoms with E-state index in [1.54, 1.807) is 7.11 Å². The number of methoxy groups -OCH3 is 1. The molecule has 2 aliphatic rings. The molecule has 0 amide bonds. The van der Waals surface area contributed by atoms with Gasteiger partial charge in [0.25, 0.3) is 0 Å². The maximum absolute atomic E-state index is 10.3. The van der Waals surface area contributed by atoms with E-state index in [-0.39, 0.29) is 27.2 Å². The van der Waals surface area contributed by atoms with Crippen LogP contribution in [0.2, 0.25) is 5.15 Å². The molecule has 9 heteroatoms. The van der Waals surface area contributed by atoms with Gasteiger partial charge in [0.2, 0.25) is 5.95 Å². The standard InChI is InChI=1S/C16H24ClN5O2S/c1-15(5-4-8-10(23)16(8,15)2)22-13-9(12(18)25)11(17)20-14(21-13)19-6-7-24-3/h8,10,23H,4-7H2,1-3H3,(H2,18,25)(H2,19,20,21,22). The average Bonchev–Trinajstić information content (AvgIpc) is 2.95. The predicted molar refractivity (Wildman–Crippen MR) is 102 cm³/mol. The summed E-state index contributed by atoms with van der Waals surface area (Å²) in [6, 6.07) is 0. The zero-order chi connectivity index (χ0) is 18.4. The summed E-state index contributed by atoms with van der Waals surface area (Å²) in [6.45, 7) is 5.27. The van der Waals surface area contributed by atoms with Gasteiger partial charge < -0.3 is 26.2 Å². The lowest BCUT2D eigenvalue weighted by molar-refractivity contribution is 0.172. The van der Waals surface area contributed by atoms with E-state index in [0.717, 1.165) is 12.8 Å². The molecule has 0 aromatic carbocycles. The predicted octanol–water partition coefficient (Wildman–Crippen LogP) is 1.78. The van der Waals surface area contributed by atoms with Gasteiger partial charge in [0.05, 0.1) is 18.3 Å². The molecule has 0 spiro atoms. The van der Waals surface area contributed by atoms with E-state index in [4.69, 9.17) is 34.3 Å². The number of ether oxygens (including phenoxy) is 1. The van der Waals surface area contributed by atoms with E-state index in [1.807, 2.05) is 0 Å². The summed E-state index contributed by atoms with van der Waals surface area (Å²) in [4.78, 5) is 8.87. The maximum atomic E-state index is 10.3. The van der Waals surface area contributed by atoms with Crippen molar-refractivity contribution in [2.75, 3.05) is 30.9 Å². The van der Waals surface area contributed by atoms with Crippen molar-refractivity contribution >= 4 is 40.6 Å². The van der Waals surface area contributed by atoms with Crippen molar-refractivity contribution in [2.24, 2.45) is 17.1 Å². The summed E-state index contributed by atoms with van der Waals surface area (Å²) in [5, 5.41) is 17.0. The molecule has 1 aromatic rings. The molecule has 138 valence electrons.